The van der Waals surface area contributed by atoms with Crippen LogP contribution in [0.1, 0.15) is 18.4 Å². The van der Waals surface area contributed by atoms with Crippen LogP contribution in [0.15, 0.2) is 18.2 Å². The van der Waals surface area contributed by atoms with E-state index in [1.165, 1.54) is 0 Å². The first-order valence-corrected chi connectivity index (χ1v) is 8.08. The minimum absolute atomic E-state index is 0.0775. The van der Waals surface area contributed by atoms with Gasteiger partial charge in [-0.05, 0) is 30.5 Å². The first-order valence-electron chi connectivity index (χ1n) is 6.26. The average Bonchev–Trinajstić information content (AvgIpc) is 3.06. The molecule has 0 atom stereocenters. The van der Waals surface area contributed by atoms with Gasteiger partial charge in [-0.1, -0.05) is 6.07 Å². The summed E-state index contributed by atoms with van der Waals surface area (Å²) in [5, 5.41) is 0. The van der Waals surface area contributed by atoms with Gasteiger partial charge in [0, 0.05) is 5.54 Å². The summed E-state index contributed by atoms with van der Waals surface area (Å²) in [5.74, 6) is 1.34. The maximum Gasteiger partial charge on any atom is 0.162 e. The highest BCUT2D eigenvalue weighted by Gasteiger charge is 2.41. The molecule has 2 aliphatic rings. The largest absolute Gasteiger partial charge is 0.493 e. The van der Waals surface area contributed by atoms with Gasteiger partial charge in [0.15, 0.2) is 21.3 Å². The quantitative estimate of drug-likeness (QED) is 0.885. The van der Waals surface area contributed by atoms with E-state index in [4.69, 9.17) is 15.2 Å². The molecular formula is C13H17NO4S. The van der Waals surface area contributed by atoms with Crippen LogP contribution in [-0.2, 0) is 15.4 Å². The highest BCUT2D eigenvalue weighted by atomic mass is 32.2. The van der Waals surface area contributed by atoms with E-state index < -0.39 is 9.84 Å². The van der Waals surface area contributed by atoms with Crippen LogP contribution in [0.25, 0.3) is 0 Å². The van der Waals surface area contributed by atoms with Crippen molar-refractivity contribution >= 4 is 9.84 Å². The number of methoxy groups -OCH3 is 1. The summed E-state index contributed by atoms with van der Waals surface area (Å²) in [6, 6.07) is 5.64. The van der Waals surface area contributed by atoms with Gasteiger partial charge in [-0.25, -0.2) is 8.42 Å². The van der Waals surface area contributed by atoms with Gasteiger partial charge in [0.1, 0.15) is 6.10 Å². The molecule has 0 aromatic heterocycles. The Morgan fingerprint density at radius 2 is 1.95 bits per heavy atom. The molecule has 6 heteroatoms. The standard InChI is InChI=1S/C13H17NO4S/c1-17-11-3-2-9(13(14)4-5-13)6-12(11)18-10-7-19(15,16)8-10/h2-3,6,10H,4-5,7-8,14H2,1H3. The van der Waals surface area contributed by atoms with Crippen LogP contribution in [0.4, 0.5) is 0 Å². The number of hydrogen-bond acceptors (Lipinski definition) is 5. The van der Waals surface area contributed by atoms with Gasteiger partial charge in [-0.15, -0.1) is 0 Å². The third kappa shape index (κ3) is 2.42. The van der Waals surface area contributed by atoms with E-state index in [9.17, 15) is 8.42 Å². The van der Waals surface area contributed by atoms with Crippen molar-refractivity contribution < 1.29 is 17.9 Å². The molecule has 1 heterocycles. The summed E-state index contributed by atoms with van der Waals surface area (Å²) in [6.45, 7) is 0. The van der Waals surface area contributed by atoms with E-state index in [2.05, 4.69) is 0 Å². The zero-order valence-electron chi connectivity index (χ0n) is 10.8. The minimum Gasteiger partial charge on any atom is -0.493 e. The van der Waals surface area contributed by atoms with Gasteiger partial charge in [-0.2, -0.15) is 0 Å². The van der Waals surface area contributed by atoms with Gasteiger partial charge in [0.05, 0.1) is 18.6 Å². The molecule has 2 fully saturated rings. The van der Waals surface area contributed by atoms with Crippen LogP contribution >= 0.6 is 0 Å². The van der Waals surface area contributed by atoms with Crippen molar-refractivity contribution in [1.29, 1.82) is 0 Å². The lowest BCUT2D eigenvalue weighted by atomic mass is 10.1. The topological polar surface area (TPSA) is 78.6 Å². The fourth-order valence-electron chi connectivity index (χ4n) is 2.27. The smallest absolute Gasteiger partial charge is 0.162 e. The van der Waals surface area contributed by atoms with E-state index in [-0.39, 0.29) is 23.1 Å². The molecule has 0 spiro atoms. The number of benzene rings is 1. The lowest BCUT2D eigenvalue weighted by molar-refractivity contribution is 0.219. The summed E-state index contributed by atoms with van der Waals surface area (Å²) in [7, 11) is -1.32. The normalized spacial score (nSPS) is 23.5. The number of nitrogens with two attached hydrogens (primary N) is 1. The predicted octanol–water partition coefficient (Wildman–Crippen LogP) is 0.819. The third-order valence-electron chi connectivity index (χ3n) is 3.70. The van der Waals surface area contributed by atoms with E-state index in [1.54, 1.807) is 7.11 Å². The zero-order chi connectivity index (χ0) is 13.7. The van der Waals surface area contributed by atoms with Gasteiger partial charge in [0.25, 0.3) is 0 Å². The molecule has 0 bridgehead atoms. The lowest BCUT2D eigenvalue weighted by Gasteiger charge is -2.27. The summed E-state index contributed by atoms with van der Waals surface area (Å²) >= 11 is 0. The molecule has 1 aliphatic heterocycles. The van der Waals surface area contributed by atoms with Crippen molar-refractivity contribution in [3.8, 4) is 11.5 Å². The Morgan fingerprint density at radius 3 is 2.47 bits per heavy atom. The molecule has 1 saturated carbocycles. The zero-order valence-corrected chi connectivity index (χ0v) is 11.6. The Balaban J connectivity index is 1.82. The molecule has 19 heavy (non-hydrogen) atoms. The van der Waals surface area contributed by atoms with E-state index in [1.807, 2.05) is 18.2 Å². The van der Waals surface area contributed by atoms with E-state index in [0.29, 0.717) is 11.5 Å². The third-order valence-corrected chi connectivity index (χ3v) is 5.46. The maximum absolute atomic E-state index is 11.1. The predicted molar refractivity (Wildman–Crippen MR) is 71.2 cm³/mol. The van der Waals surface area contributed by atoms with Crippen LogP contribution in [0.3, 0.4) is 0 Å². The number of ether oxygens (including phenoxy) is 2. The van der Waals surface area contributed by atoms with Crippen LogP contribution in [0, 0.1) is 0 Å². The lowest BCUT2D eigenvalue weighted by Crippen LogP contribution is -2.45. The Bertz CT molecular complexity index is 595. The molecular weight excluding hydrogens is 266 g/mol. The fraction of sp³-hybridized carbons (Fsp3) is 0.538. The molecule has 5 nitrogen and oxygen atoms in total. The van der Waals surface area contributed by atoms with Crippen molar-refractivity contribution in [1.82, 2.24) is 0 Å². The summed E-state index contributed by atoms with van der Waals surface area (Å²) in [4.78, 5) is 0. The number of rotatable bonds is 4. The van der Waals surface area contributed by atoms with Crippen molar-refractivity contribution in [3.63, 3.8) is 0 Å². The number of sulfone groups is 1. The maximum atomic E-state index is 11.1. The molecule has 104 valence electrons. The van der Waals surface area contributed by atoms with E-state index >= 15 is 0 Å². The second-order valence-electron chi connectivity index (χ2n) is 5.34. The fourth-order valence-corrected chi connectivity index (χ4v) is 3.44. The SMILES string of the molecule is COc1ccc(C2(N)CC2)cc1OC1CS(=O)(=O)C1. The van der Waals surface area contributed by atoms with Gasteiger partial charge >= 0.3 is 0 Å². The molecule has 0 amide bonds. The second kappa shape index (κ2) is 4.11. The summed E-state index contributed by atoms with van der Waals surface area (Å²) < 4.78 is 33.2. The minimum atomic E-state index is -2.89. The molecule has 1 aromatic carbocycles. The molecule has 3 rings (SSSR count). The first kappa shape index (κ1) is 12.7. The molecule has 0 radical (unpaired) electrons. The van der Waals surface area contributed by atoms with Crippen LogP contribution < -0.4 is 15.2 Å². The molecule has 2 N–H and O–H groups in total. The van der Waals surface area contributed by atoms with Gasteiger partial charge < -0.3 is 15.2 Å². The second-order valence-corrected chi connectivity index (χ2v) is 7.49. The highest BCUT2D eigenvalue weighted by Crippen LogP contribution is 2.45. The van der Waals surface area contributed by atoms with Crippen LogP contribution in [0.5, 0.6) is 11.5 Å². The summed E-state index contributed by atoms with van der Waals surface area (Å²) in [6.07, 6.45) is 1.66. The molecule has 1 aromatic rings. The molecule has 1 aliphatic carbocycles. The highest BCUT2D eigenvalue weighted by molar-refractivity contribution is 7.92. The molecule has 0 unspecified atom stereocenters. The Morgan fingerprint density at radius 1 is 1.26 bits per heavy atom. The summed E-state index contributed by atoms with van der Waals surface area (Å²) in [5.41, 5.74) is 6.94. The van der Waals surface area contributed by atoms with E-state index in [0.717, 1.165) is 18.4 Å². The average molecular weight is 283 g/mol. The molecule has 1 saturated heterocycles. The van der Waals surface area contributed by atoms with Crippen molar-refractivity contribution in [2.24, 2.45) is 5.73 Å². The van der Waals surface area contributed by atoms with Crippen LogP contribution in [0.2, 0.25) is 0 Å². The van der Waals surface area contributed by atoms with Gasteiger partial charge in [0.2, 0.25) is 0 Å². The van der Waals surface area contributed by atoms with Gasteiger partial charge in [-0.3, -0.25) is 0 Å². The van der Waals surface area contributed by atoms with Crippen molar-refractivity contribution in [2.75, 3.05) is 18.6 Å². The van der Waals surface area contributed by atoms with Crippen LogP contribution in [-0.4, -0.2) is 33.1 Å². The first-order chi connectivity index (χ1) is 8.92. The number of hydrogen-bond donors (Lipinski definition) is 1. The Hall–Kier alpha value is -1.27. The monoisotopic (exact) mass is 283 g/mol. The van der Waals surface area contributed by atoms with Crippen molar-refractivity contribution in [2.45, 2.75) is 24.5 Å². The Kier molecular flexibility index (Phi) is 2.76. The van der Waals surface area contributed by atoms with Crippen molar-refractivity contribution in [3.05, 3.63) is 23.8 Å². The Labute approximate surface area is 112 Å².